The number of nitrogens with zero attached hydrogens (tertiary/aromatic N) is 3. The number of hydrogen-bond acceptors (Lipinski definition) is 3. The molecule has 2 aliphatic heterocycles. The van der Waals surface area contributed by atoms with Gasteiger partial charge in [-0.15, -0.1) is 0 Å². The van der Waals surface area contributed by atoms with E-state index < -0.39 is 0 Å². The molecule has 3 rings (SSSR count). The minimum absolute atomic E-state index is 0.000608. The van der Waals surface area contributed by atoms with Gasteiger partial charge in [0.2, 0.25) is 11.8 Å². The molecule has 2 aliphatic rings. The van der Waals surface area contributed by atoms with Crippen LogP contribution < -0.4 is 0 Å². The number of carbonyl (C=O) groups excluding carboxylic acids is 2. The Morgan fingerprint density at radius 3 is 2.40 bits per heavy atom. The zero-order valence-electron chi connectivity index (χ0n) is 15.4. The number of carbonyl (C=O) groups is 2. The minimum atomic E-state index is -0.0673. The number of rotatable bonds is 3. The number of benzene rings is 1. The summed E-state index contributed by atoms with van der Waals surface area (Å²) in [6, 6.07) is 8.14. The lowest BCUT2D eigenvalue weighted by Gasteiger charge is -2.36. The molecule has 0 spiro atoms. The number of hydrogen-bond donors (Lipinski definition) is 0. The van der Waals surface area contributed by atoms with E-state index in [1.807, 2.05) is 36.1 Å². The molecule has 0 radical (unpaired) electrons. The van der Waals surface area contributed by atoms with Crippen molar-refractivity contribution in [3.05, 3.63) is 35.4 Å². The van der Waals surface area contributed by atoms with E-state index in [4.69, 9.17) is 0 Å². The molecule has 1 aromatic rings. The Bertz CT molecular complexity index is 671. The van der Waals surface area contributed by atoms with Crippen LogP contribution >= 0.6 is 0 Å². The summed E-state index contributed by atoms with van der Waals surface area (Å²) in [5, 5.41) is 5.85. The van der Waals surface area contributed by atoms with Crippen LogP contribution in [-0.4, -0.2) is 47.1 Å². The van der Waals surface area contributed by atoms with Gasteiger partial charge in [0.05, 0.1) is 5.71 Å². The van der Waals surface area contributed by atoms with Crippen molar-refractivity contribution in [2.45, 2.75) is 40.0 Å². The Morgan fingerprint density at radius 1 is 1.12 bits per heavy atom. The summed E-state index contributed by atoms with van der Waals surface area (Å²) in [4.78, 5) is 26.8. The average molecular weight is 341 g/mol. The molecule has 0 N–H and O–H groups in total. The van der Waals surface area contributed by atoms with Crippen LogP contribution in [0.1, 0.15) is 44.2 Å². The van der Waals surface area contributed by atoms with Gasteiger partial charge in [-0.25, -0.2) is 5.01 Å². The van der Waals surface area contributed by atoms with Crippen molar-refractivity contribution in [3.8, 4) is 0 Å². The van der Waals surface area contributed by atoms with E-state index in [-0.39, 0.29) is 18.4 Å². The molecule has 2 atom stereocenters. The van der Waals surface area contributed by atoms with Gasteiger partial charge in [-0.2, -0.15) is 5.10 Å². The number of amides is 2. The topological polar surface area (TPSA) is 53.0 Å². The quantitative estimate of drug-likeness (QED) is 0.849. The van der Waals surface area contributed by atoms with Crippen molar-refractivity contribution < 1.29 is 9.59 Å². The van der Waals surface area contributed by atoms with Crippen molar-refractivity contribution in [2.24, 2.45) is 16.9 Å². The standard InChI is InChI=1S/C20H27N3O2/c1-14-4-6-17(7-5-14)18-8-9-19(24)23(21-18)13-20(25)22-11-15(2)10-16(3)12-22/h4-7,15-16H,8-13H2,1-3H3/t15-,16-/m0/s1. The average Bonchev–Trinajstić information content (AvgIpc) is 2.56. The maximum atomic E-state index is 12.7. The van der Waals surface area contributed by atoms with Gasteiger partial charge in [0.25, 0.3) is 0 Å². The molecule has 1 saturated heterocycles. The van der Waals surface area contributed by atoms with E-state index in [2.05, 4.69) is 18.9 Å². The van der Waals surface area contributed by atoms with Crippen LogP contribution in [0, 0.1) is 18.8 Å². The zero-order chi connectivity index (χ0) is 18.0. The second-order valence-electron chi connectivity index (χ2n) is 7.61. The van der Waals surface area contributed by atoms with Crippen LogP contribution in [0.15, 0.2) is 29.4 Å². The summed E-state index contributed by atoms with van der Waals surface area (Å²) in [6.45, 7) is 8.00. The molecule has 1 aromatic carbocycles. The predicted molar refractivity (Wildman–Crippen MR) is 98.2 cm³/mol. The smallest absolute Gasteiger partial charge is 0.244 e. The van der Waals surface area contributed by atoms with E-state index in [0.29, 0.717) is 24.7 Å². The van der Waals surface area contributed by atoms with Crippen molar-refractivity contribution >= 4 is 17.5 Å². The molecular weight excluding hydrogens is 314 g/mol. The lowest BCUT2D eigenvalue weighted by atomic mass is 9.92. The van der Waals surface area contributed by atoms with Crippen LogP contribution in [-0.2, 0) is 9.59 Å². The van der Waals surface area contributed by atoms with Gasteiger partial charge < -0.3 is 4.90 Å². The maximum Gasteiger partial charge on any atom is 0.244 e. The predicted octanol–water partition coefficient (Wildman–Crippen LogP) is 2.83. The fourth-order valence-corrected chi connectivity index (χ4v) is 3.77. The van der Waals surface area contributed by atoms with Crippen LogP contribution in [0.3, 0.4) is 0 Å². The Labute approximate surface area is 149 Å². The molecule has 2 heterocycles. The summed E-state index contributed by atoms with van der Waals surface area (Å²) < 4.78 is 0. The Balaban J connectivity index is 1.71. The third-order valence-corrected chi connectivity index (χ3v) is 5.00. The SMILES string of the molecule is Cc1ccc(C2=NN(CC(=O)N3C[C@@H](C)C[C@H](C)C3)C(=O)CC2)cc1. The van der Waals surface area contributed by atoms with Gasteiger partial charge in [-0.1, -0.05) is 43.7 Å². The van der Waals surface area contributed by atoms with Crippen molar-refractivity contribution in [1.29, 1.82) is 0 Å². The molecular formula is C20H27N3O2. The number of hydrazone groups is 1. The Kier molecular flexibility index (Phi) is 5.21. The van der Waals surface area contributed by atoms with E-state index in [0.717, 1.165) is 30.8 Å². The number of likely N-dealkylation sites (tertiary alicyclic amines) is 1. The molecule has 1 fully saturated rings. The molecule has 2 amide bonds. The molecule has 25 heavy (non-hydrogen) atoms. The summed E-state index contributed by atoms with van der Waals surface area (Å²) in [7, 11) is 0. The Morgan fingerprint density at radius 2 is 1.76 bits per heavy atom. The monoisotopic (exact) mass is 341 g/mol. The van der Waals surface area contributed by atoms with Crippen LogP contribution in [0.4, 0.5) is 0 Å². The van der Waals surface area contributed by atoms with Gasteiger partial charge in [0.1, 0.15) is 6.54 Å². The lowest BCUT2D eigenvalue weighted by molar-refractivity contribution is -0.142. The third kappa shape index (κ3) is 4.27. The second kappa shape index (κ2) is 7.38. The van der Waals surface area contributed by atoms with Crippen LogP contribution in [0.2, 0.25) is 0 Å². The van der Waals surface area contributed by atoms with Crippen molar-refractivity contribution in [3.63, 3.8) is 0 Å². The van der Waals surface area contributed by atoms with E-state index in [1.165, 1.54) is 10.6 Å². The highest BCUT2D eigenvalue weighted by atomic mass is 16.2. The molecule has 0 aromatic heterocycles. The summed E-state index contributed by atoms with van der Waals surface area (Å²) in [6.07, 6.45) is 2.19. The largest absolute Gasteiger partial charge is 0.341 e. The summed E-state index contributed by atoms with van der Waals surface area (Å²) >= 11 is 0. The van der Waals surface area contributed by atoms with Gasteiger partial charge in [-0.3, -0.25) is 9.59 Å². The molecule has 0 saturated carbocycles. The zero-order valence-corrected chi connectivity index (χ0v) is 15.4. The van der Waals surface area contributed by atoms with Gasteiger partial charge in [0.15, 0.2) is 0 Å². The summed E-state index contributed by atoms with van der Waals surface area (Å²) in [5.41, 5.74) is 3.10. The summed E-state index contributed by atoms with van der Waals surface area (Å²) in [5.74, 6) is 0.954. The first-order chi connectivity index (χ1) is 11.9. The Hall–Kier alpha value is -2.17. The van der Waals surface area contributed by atoms with E-state index in [9.17, 15) is 9.59 Å². The first kappa shape index (κ1) is 17.6. The molecule has 5 nitrogen and oxygen atoms in total. The first-order valence-electron chi connectivity index (χ1n) is 9.15. The highest BCUT2D eigenvalue weighted by molar-refractivity contribution is 6.04. The molecule has 5 heteroatoms. The molecule has 134 valence electrons. The highest BCUT2D eigenvalue weighted by Crippen LogP contribution is 2.22. The van der Waals surface area contributed by atoms with Crippen molar-refractivity contribution in [2.75, 3.05) is 19.6 Å². The number of aryl methyl sites for hydroxylation is 1. The van der Waals surface area contributed by atoms with Crippen LogP contribution in [0.25, 0.3) is 0 Å². The van der Waals surface area contributed by atoms with Gasteiger partial charge in [0, 0.05) is 25.9 Å². The number of piperidine rings is 1. The second-order valence-corrected chi connectivity index (χ2v) is 7.61. The maximum absolute atomic E-state index is 12.7. The van der Waals surface area contributed by atoms with Gasteiger partial charge in [-0.05, 0) is 30.7 Å². The molecule has 0 aliphatic carbocycles. The van der Waals surface area contributed by atoms with E-state index >= 15 is 0 Å². The fourth-order valence-electron chi connectivity index (χ4n) is 3.77. The minimum Gasteiger partial charge on any atom is -0.341 e. The third-order valence-electron chi connectivity index (χ3n) is 5.00. The normalized spacial score (nSPS) is 24.3. The lowest BCUT2D eigenvalue weighted by Crippen LogP contribution is -2.47. The van der Waals surface area contributed by atoms with Crippen molar-refractivity contribution in [1.82, 2.24) is 9.91 Å². The van der Waals surface area contributed by atoms with E-state index in [1.54, 1.807) is 0 Å². The molecule has 0 bridgehead atoms. The van der Waals surface area contributed by atoms with Crippen LogP contribution in [0.5, 0.6) is 0 Å². The highest BCUT2D eigenvalue weighted by Gasteiger charge is 2.29. The fraction of sp³-hybridized carbons (Fsp3) is 0.550. The molecule has 0 unspecified atom stereocenters. The van der Waals surface area contributed by atoms with Gasteiger partial charge >= 0.3 is 0 Å². The first-order valence-corrected chi connectivity index (χ1v) is 9.15.